The highest BCUT2D eigenvalue weighted by Gasteiger charge is 2.38. The van der Waals surface area contributed by atoms with E-state index in [1.54, 1.807) is 24.8 Å². The minimum Gasteiger partial charge on any atom is -0.351 e. The van der Waals surface area contributed by atoms with E-state index in [-0.39, 0.29) is 0 Å². The second kappa shape index (κ2) is 6.49. The molecule has 2 aliphatic heterocycles. The Balaban J connectivity index is 1.41. The van der Waals surface area contributed by atoms with Crippen LogP contribution in [0.4, 0.5) is 17.5 Å². The molecular weight excluding hydrogens is 366 g/mol. The summed E-state index contributed by atoms with van der Waals surface area (Å²) in [6.07, 6.45) is 11.6. The molecule has 0 saturated carbocycles. The van der Waals surface area contributed by atoms with Crippen molar-refractivity contribution in [2.45, 2.75) is 18.5 Å². The van der Waals surface area contributed by atoms with Gasteiger partial charge < -0.3 is 15.5 Å². The molecule has 2 bridgehead atoms. The van der Waals surface area contributed by atoms with Crippen LogP contribution in [0.5, 0.6) is 0 Å². The van der Waals surface area contributed by atoms with Crippen LogP contribution in [0.25, 0.3) is 16.6 Å². The predicted octanol–water partition coefficient (Wildman–Crippen LogP) is 1.90. The lowest BCUT2D eigenvalue weighted by Crippen LogP contribution is -2.44. The standard InChI is InChI=1S/C20H19N9/c1-4-24-19(28-12-13-7-15(28)9-25-13)8-14(1)29-17-10-21-3-2-16(17)20(27-29)26-18-11-22-5-6-23-18/h1-6,8,10-11,13,15,25H,7,9,12H2,(H,23,26,27)/t13-,15-/m0/s1. The molecule has 6 rings (SSSR count). The Morgan fingerprint density at radius 1 is 1.03 bits per heavy atom. The van der Waals surface area contributed by atoms with E-state index in [4.69, 9.17) is 5.10 Å². The van der Waals surface area contributed by atoms with E-state index < -0.39 is 0 Å². The molecule has 0 aliphatic carbocycles. The van der Waals surface area contributed by atoms with E-state index in [2.05, 4.69) is 41.5 Å². The Morgan fingerprint density at radius 3 is 2.83 bits per heavy atom. The van der Waals surface area contributed by atoms with E-state index in [0.717, 1.165) is 35.5 Å². The number of aromatic nitrogens is 6. The number of nitrogens with zero attached hydrogens (tertiary/aromatic N) is 7. The summed E-state index contributed by atoms with van der Waals surface area (Å²) in [5.74, 6) is 2.35. The van der Waals surface area contributed by atoms with Crippen LogP contribution >= 0.6 is 0 Å². The Hall–Kier alpha value is -3.59. The summed E-state index contributed by atoms with van der Waals surface area (Å²) < 4.78 is 1.90. The summed E-state index contributed by atoms with van der Waals surface area (Å²) in [4.78, 5) is 19.7. The van der Waals surface area contributed by atoms with Gasteiger partial charge in [0.25, 0.3) is 0 Å². The van der Waals surface area contributed by atoms with Gasteiger partial charge in [0.2, 0.25) is 0 Å². The molecule has 4 aromatic heterocycles. The van der Waals surface area contributed by atoms with Crippen LogP contribution in [-0.4, -0.2) is 54.9 Å². The van der Waals surface area contributed by atoms with Crippen LogP contribution in [-0.2, 0) is 0 Å². The molecular formula is C20H19N9. The number of nitrogens with one attached hydrogen (secondary N) is 2. The number of rotatable bonds is 4. The lowest BCUT2D eigenvalue weighted by Gasteiger charge is -2.28. The molecule has 0 amide bonds. The van der Waals surface area contributed by atoms with Crippen molar-refractivity contribution in [2.24, 2.45) is 0 Å². The molecule has 0 aromatic carbocycles. The Bertz CT molecular complexity index is 1170. The fraction of sp³-hybridized carbons (Fsp3) is 0.250. The zero-order valence-corrected chi connectivity index (χ0v) is 15.6. The average molecular weight is 385 g/mol. The molecule has 2 saturated heterocycles. The van der Waals surface area contributed by atoms with Gasteiger partial charge in [-0.15, -0.1) is 5.10 Å². The van der Waals surface area contributed by atoms with Crippen LogP contribution in [0.2, 0.25) is 0 Å². The summed E-state index contributed by atoms with van der Waals surface area (Å²) in [7, 11) is 0. The van der Waals surface area contributed by atoms with Gasteiger partial charge in [0.1, 0.15) is 11.6 Å². The molecule has 9 nitrogen and oxygen atoms in total. The third-order valence-electron chi connectivity index (χ3n) is 5.62. The fourth-order valence-corrected chi connectivity index (χ4v) is 4.27. The topological polar surface area (TPSA) is 96.7 Å². The van der Waals surface area contributed by atoms with Crippen molar-refractivity contribution in [3.63, 3.8) is 0 Å². The summed E-state index contributed by atoms with van der Waals surface area (Å²) in [5.41, 5.74) is 1.87. The maximum Gasteiger partial charge on any atom is 0.162 e. The van der Waals surface area contributed by atoms with Gasteiger partial charge >= 0.3 is 0 Å². The predicted molar refractivity (Wildman–Crippen MR) is 110 cm³/mol. The maximum atomic E-state index is 4.81. The molecule has 2 aliphatic rings. The third kappa shape index (κ3) is 2.78. The fourth-order valence-electron chi connectivity index (χ4n) is 4.27. The van der Waals surface area contributed by atoms with Gasteiger partial charge in [0.05, 0.1) is 23.6 Å². The average Bonchev–Trinajstić information content (AvgIpc) is 3.50. The van der Waals surface area contributed by atoms with Crippen molar-refractivity contribution < 1.29 is 0 Å². The summed E-state index contributed by atoms with van der Waals surface area (Å²) in [6.45, 7) is 2.03. The lowest BCUT2D eigenvalue weighted by molar-refractivity contribution is 0.576. The SMILES string of the molecule is c1cnc(Nc2nn(-c3ccnc(N4C[C@@H]5C[C@H]4CN5)c3)c3cnccc23)cn1. The zero-order chi connectivity index (χ0) is 19.2. The largest absolute Gasteiger partial charge is 0.351 e. The molecule has 4 aromatic rings. The molecule has 0 spiro atoms. The van der Waals surface area contributed by atoms with E-state index in [1.165, 1.54) is 6.42 Å². The summed E-state index contributed by atoms with van der Waals surface area (Å²) in [6, 6.07) is 7.12. The molecule has 6 heterocycles. The highest BCUT2D eigenvalue weighted by molar-refractivity contribution is 5.92. The van der Waals surface area contributed by atoms with Crippen molar-refractivity contribution >= 4 is 28.4 Å². The van der Waals surface area contributed by atoms with E-state index in [9.17, 15) is 0 Å². The highest BCUT2D eigenvalue weighted by Crippen LogP contribution is 2.31. The lowest BCUT2D eigenvalue weighted by atomic mass is 10.2. The van der Waals surface area contributed by atoms with Crippen LogP contribution in [0, 0.1) is 0 Å². The third-order valence-corrected chi connectivity index (χ3v) is 5.62. The van der Waals surface area contributed by atoms with Gasteiger partial charge in [-0.25, -0.2) is 14.6 Å². The number of hydrogen-bond acceptors (Lipinski definition) is 8. The van der Waals surface area contributed by atoms with Crippen LogP contribution in [0.1, 0.15) is 6.42 Å². The smallest absolute Gasteiger partial charge is 0.162 e. The second-order valence-corrected chi connectivity index (χ2v) is 7.39. The van der Waals surface area contributed by atoms with Crippen molar-refractivity contribution in [2.75, 3.05) is 23.3 Å². The molecule has 2 fully saturated rings. The van der Waals surface area contributed by atoms with Gasteiger partial charge in [0, 0.05) is 61.4 Å². The highest BCUT2D eigenvalue weighted by atomic mass is 15.3. The molecule has 2 atom stereocenters. The molecule has 2 N–H and O–H groups in total. The minimum absolute atomic E-state index is 0.521. The molecule has 0 unspecified atom stereocenters. The van der Waals surface area contributed by atoms with Crippen molar-refractivity contribution in [3.05, 3.63) is 55.4 Å². The number of pyridine rings is 2. The summed E-state index contributed by atoms with van der Waals surface area (Å²) in [5, 5.41) is 12.6. The Labute approximate surface area is 166 Å². The van der Waals surface area contributed by atoms with Crippen LogP contribution in [0.3, 0.4) is 0 Å². The second-order valence-electron chi connectivity index (χ2n) is 7.39. The van der Waals surface area contributed by atoms with Crippen molar-refractivity contribution in [1.82, 2.24) is 35.0 Å². The van der Waals surface area contributed by atoms with E-state index in [0.29, 0.717) is 23.7 Å². The molecule has 29 heavy (non-hydrogen) atoms. The van der Waals surface area contributed by atoms with Gasteiger partial charge in [-0.2, -0.15) is 0 Å². The molecule has 144 valence electrons. The van der Waals surface area contributed by atoms with Gasteiger partial charge in [-0.3, -0.25) is 9.97 Å². The van der Waals surface area contributed by atoms with E-state index in [1.807, 2.05) is 29.2 Å². The van der Waals surface area contributed by atoms with Crippen molar-refractivity contribution in [3.8, 4) is 5.69 Å². The quantitative estimate of drug-likeness (QED) is 0.550. The number of hydrogen-bond donors (Lipinski definition) is 2. The summed E-state index contributed by atoms with van der Waals surface area (Å²) >= 11 is 0. The zero-order valence-electron chi connectivity index (χ0n) is 15.6. The van der Waals surface area contributed by atoms with Crippen LogP contribution < -0.4 is 15.5 Å². The van der Waals surface area contributed by atoms with Gasteiger partial charge in [-0.05, 0) is 18.6 Å². The monoisotopic (exact) mass is 385 g/mol. The minimum atomic E-state index is 0.521. The Kier molecular flexibility index (Phi) is 3.66. The van der Waals surface area contributed by atoms with E-state index >= 15 is 0 Å². The molecule has 9 heteroatoms. The van der Waals surface area contributed by atoms with Crippen molar-refractivity contribution in [1.29, 1.82) is 0 Å². The maximum absolute atomic E-state index is 4.81. The molecule has 0 radical (unpaired) electrons. The number of anilines is 3. The first-order valence-electron chi connectivity index (χ1n) is 9.67. The van der Waals surface area contributed by atoms with Gasteiger partial charge in [-0.1, -0.05) is 0 Å². The van der Waals surface area contributed by atoms with Gasteiger partial charge in [0.15, 0.2) is 5.82 Å². The number of fused-ring (bicyclic) bond motifs is 3. The van der Waals surface area contributed by atoms with Crippen LogP contribution in [0.15, 0.2) is 55.4 Å². The normalized spacial score (nSPS) is 20.5. The first-order chi connectivity index (χ1) is 14.3. The number of piperazine rings is 1. The Morgan fingerprint density at radius 2 is 2.00 bits per heavy atom. The first kappa shape index (κ1) is 16.4. The first-order valence-corrected chi connectivity index (χ1v) is 9.67.